The summed E-state index contributed by atoms with van der Waals surface area (Å²) in [5.41, 5.74) is 3.66. The van der Waals surface area contributed by atoms with Crippen molar-refractivity contribution in [2.75, 3.05) is 19.0 Å². The molecule has 2 heterocycles. The molecule has 6 rings (SSSR count). The molecule has 1 amide bonds. The number of carbonyl (C=O) groups is 3. The summed E-state index contributed by atoms with van der Waals surface area (Å²) in [7, 11) is 1.34. The van der Waals surface area contributed by atoms with Crippen molar-refractivity contribution in [1.29, 1.82) is 0 Å². The Hall–Kier alpha value is -4.50. The highest BCUT2D eigenvalue weighted by Gasteiger charge is 2.26. The van der Waals surface area contributed by atoms with Crippen LogP contribution in [-0.4, -0.2) is 36.5 Å². The fraction of sp³-hybridized carbons (Fsp3) is 0.250. The van der Waals surface area contributed by atoms with Crippen LogP contribution in [0, 0.1) is 0 Å². The van der Waals surface area contributed by atoms with Crippen LogP contribution < -0.4 is 5.32 Å². The lowest BCUT2D eigenvalue weighted by Crippen LogP contribution is -2.22. The number of esters is 2. The number of fused-ring (bicyclic) bond motifs is 3. The second-order valence-corrected chi connectivity index (χ2v) is 11.0. The molecule has 2 aromatic heterocycles. The first-order valence-electron chi connectivity index (χ1n) is 13.6. The van der Waals surface area contributed by atoms with Crippen LogP contribution in [0.3, 0.4) is 0 Å². The number of thiophene rings is 1. The number of anilines is 1. The highest BCUT2D eigenvalue weighted by molar-refractivity contribution is 7.17. The zero-order chi connectivity index (χ0) is 28.3. The Morgan fingerprint density at radius 1 is 0.927 bits per heavy atom. The van der Waals surface area contributed by atoms with E-state index in [0.717, 1.165) is 54.4 Å². The summed E-state index contributed by atoms with van der Waals surface area (Å²) in [6.07, 6.45) is 5.90. The topological polar surface area (TPSA) is 108 Å². The van der Waals surface area contributed by atoms with E-state index in [9.17, 15) is 14.4 Å². The minimum Gasteiger partial charge on any atom is -0.465 e. The number of nitrogens with zero attached hydrogens (tertiary/aromatic N) is 1. The van der Waals surface area contributed by atoms with E-state index >= 15 is 0 Å². The van der Waals surface area contributed by atoms with E-state index < -0.39 is 24.5 Å². The predicted octanol–water partition coefficient (Wildman–Crippen LogP) is 6.95. The number of benzene rings is 3. The summed E-state index contributed by atoms with van der Waals surface area (Å²) in [6, 6.07) is 18.4. The first-order chi connectivity index (χ1) is 20.0. The molecule has 208 valence electrons. The number of hydrogen-bond acceptors (Lipinski definition) is 8. The Morgan fingerprint density at radius 2 is 1.71 bits per heavy atom. The maximum atomic E-state index is 13.3. The Kier molecular flexibility index (Phi) is 7.52. The number of methoxy groups -OCH3 is 1. The number of nitrogens with one attached hydrogen (secondary N) is 1. The van der Waals surface area contributed by atoms with Crippen molar-refractivity contribution in [3.05, 3.63) is 82.2 Å². The average Bonchev–Trinajstić information content (AvgIpc) is 3.55. The Morgan fingerprint density at radius 3 is 2.51 bits per heavy atom. The van der Waals surface area contributed by atoms with E-state index in [1.165, 1.54) is 18.4 Å². The van der Waals surface area contributed by atoms with Crippen molar-refractivity contribution in [3.8, 4) is 11.5 Å². The predicted molar refractivity (Wildman–Crippen MR) is 157 cm³/mol. The number of oxazole rings is 1. The molecule has 0 spiro atoms. The Bertz CT molecular complexity index is 1750. The van der Waals surface area contributed by atoms with Crippen LogP contribution in [0.4, 0.5) is 5.00 Å². The van der Waals surface area contributed by atoms with Gasteiger partial charge in [0.1, 0.15) is 10.5 Å². The van der Waals surface area contributed by atoms with Gasteiger partial charge in [-0.15, -0.1) is 11.3 Å². The van der Waals surface area contributed by atoms with Crippen LogP contribution in [0.5, 0.6) is 0 Å². The molecule has 1 aliphatic carbocycles. The van der Waals surface area contributed by atoms with Crippen LogP contribution in [-0.2, 0) is 27.1 Å². The van der Waals surface area contributed by atoms with Gasteiger partial charge in [-0.1, -0.05) is 49.2 Å². The molecule has 0 unspecified atom stereocenters. The largest absolute Gasteiger partial charge is 0.465 e. The lowest BCUT2D eigenvalue weighted by atomic mass is 9.96. The average molecular weight is 569 g/mol. The van der Waals surface area contributed by atoms with Gasteiger partial charge in [-0.3, -0.25) is 4.79 Å². The first kappa shape index (κ1) is 26.7. The normalized spacial score (nSPS) is 13.3. The quantitative estimate of drug-likeness (QED) is 0.221. The molecule has 1 N–H and O–H groups in total. The number of amides is 1. The van der Waals surface area contributed by atoms with E-state index in [4.69, 9.17) is 13.9 Å². The molecule has 0 saturated heterocycles. The summed E-state index contributed by atoms with van der Waals surface area (Å²) in [4.78, 5) is 44.6. The highest BCUT2D eigenvalue weighted by atomic mass is 32.1. The van der Waals surface area contributed by atoms with Crippen LogP contribution in [0.15, 0.2) is 65.1 Å². The van der Waals surface area contributed by atoms with E-state index in [1.807, 2.05) is 48.5 Å². The maximum absolute atomic E-state index is 13.3. The zero-order valence-electron chi connectivity index (χ0n) is 22.5. The molecular formula is C32H28N2O6S. The van der Waals surface area contributed by atoms with Gasteiger partial charge in [0.25, 0.3) is 5.91 Å². The van der Waals surface area contributed by atoms with Crippen molar-refractivity contribution in [1.82, 2.24) is 4.98 Å². The van der Waals surface area contributed by atoms with E-state index in [2.05, 4.69) is 10.3 Å². The SMILES string of the molecule is COC(=O)c1c(NC(=O)COC(=O)c2cccc3cccc(-c4nc5ccccc5o4)c23)sc2c1CCCCCC2. The summed E-state index contributed by atoms with van der Waals surface area (Å²) in [5.74, 6) is -1.27. The van der Waals surface area contributed by atoms with Gasteiger partial charge in [-0.05, 0) is 60.9 Å². The molecule has 3 aromatic carbocycles. The van der Waals surface area contributed by atoms with Crippen LogP contribution in [0.25, 0.3) is 33.3 Å². The fourth-order valence-corrected chi connectivity index (χ4v) is 6.67. The smallest absolute Gasteiger partial charge is 0.341 e. The molecule has 0 aliphatic heterocycles. The van der Waals surface area contributed by atoms with Gasteiger partial charge < -0.3 is 19.2 Å². The third-order valence-electron chi connectivity index (χ3n) is 7.30. The molecule has 5 aromatic rings. The lowest BCUT2D eigenvalue weighted by Gasteiger charge is -2.11. The maximum Gasteiger partial charge on any atom is 0.341 e. The van der Waals surface area contributed by atoms with E-state index in [-0.39, 0.29) is 0 Å². The van der Waals surface area contributed by atoms with Crippen molar-refractivity contribution < 1.29 is 28.3 Å². The molecule has 8 nitrogen and oxygen atoms in total. The molecule has 0 fully saturated rings. The lowest BCUT2D eigenvalue weighted by molar-refractivity contribution is -0.119. The van der Waals surface area contributed by atoms with Gasteiger partial charge in [0.15, 0.2) is 12.2 Å². The first-order valence-corrected chi connectivity index (χ1v) is 14.4. The third kappa shape index (κ3) is 5.32. The van der Waals surface area contributed by atoms with E-state index in [0.29, 0.717) is 44.1 Å². The van der Waals surface area contributed by atoms with Crippen molar-refractivity contribution in [2.45, 2.75) is 38.5 Å². The zero-order valence-corrected chi connectivity index (χ0v) is 23.3. The molecule has 0 atom stereocenters. The number of aromatic nitrogens is 1. The van der Waals surface area contributed by atoms with Crippen LogP contribution >= 0.6 is 11.3 Å². The van der Waals surface area contributed by atoms with Crippen LogP contribution in [0.2, 0.25) is 0 Å². The number of ether oxygens (including phenoxy) is 2. The fourth-order valence-electron chi connectivity index (χ4n) is 5.37. The van der Waals surface area contributed by atoms with Gasteiger partial charge in [-0.2, -0.15) is 0 Å². The highest BCUT2D eigenvalue weighted by Crippen LogP contribution is 2.38. The molecule has 9 heteroatoms. The van der Waals surface area contributed by atoms with Crippen molar-refractivity contribution in [3.63, 3.8) is 0 Å². The third-order valence-corrected chi connectivity index (χ3v) is 8.50. The van der Waals surface area contributed by atoms with Gasteiger partial charge in [-0.25, -0.2) is 14.6 Å². The Labute approximate surface area is 240 Å². The molecule has 1 aliphatic rings. The van der Waals surface area contributed by atoms with Gasteiger partial charge in [0.2, 0.25) is 5.89 Å². The number of aryl methyl sites for hydroxylation is 1. The number of para-hydroxylation sites is 2. The Balaban J connectivity index is 1.24. The minimum atomic E-state index is -0.652. The minimum absolute atomic E-state index is 0.294. The van der Waals surface area contributed by atoms with Crippen LogP contribution in [0.1, 0.15) is 56.8 Å². The van der Waals surface area contributed by atoms with Crippen molar-refractivity contribution in [2.24, 2.45) is 0 Å². The summed E-state index contributed by atoms with van der Waals surface area (Å²) >= 11 is 1.40. The molecule has 0 radical (unpaired) electrons. The van der Waals surface area contributed by atoms with Crippen molar-refractivity contribution >= 4 is 56.1 Å². The molecule has 0 bridgehead atoms. The number of carbonyl (C=O) groups excluding carboxylic acids is 3. The second-order valence-electron chi connectivity index (χ2n) is 9.93. The molecule has 0 saturated carbocycles. The second kappa shape index (κ2) is 11.5. The van der Waals surface area contributed by atoms with Gasteiger partial charge in [0, 0.05) is 15.8 Å². The van der Waals surface area contributed by atoms with Gasteiger partial charge >= 0.3 is 11.9 Å². The summed E-state index contributed by atoms with van der Waals surface area (Å²) in [6.45, 7) is -0.510. The number of rotatable bonds is 6. The van der Waals surface area contributed by atoms with E-state index in [1.54, 1.807) is 12.1 Å². The number of hydrogen-bond donors (Lipinski definition) is 1. The summed E-state index contributed by atoms with van der Waals surface area (Å²) < 4.78 is 16.5. The monoisotopic (exact) mass is 568 g/mol. The molecular weight excluding hydrogens is 540 g/mol. The summed E-state index contributed by atoms with van der Waals surface area (Å²) in [5, 5.41) is 4.67. The molecule has 41 heavy (non-hydrogen) atoms. The standard InChI is InChI=1S/C32H28N2O6S/c1-38-32(37)28-20-12-4-2-3-5-17-25(20)41-30(28)34-26(35)18-39-31(36)22-14-9-11-19-10-8-13-21(27(19)22)29-33-23-15-6-7-16-24(23)40-29/h6-11,13-16H,2-5,12,17-18H2,1H3,(H,34,35). The van der Waals surface area contributed by atoms with Gasteiger partial charge in [0.05, 0.1) is 18.2 Å².